The Morgan fingerprint density at radius 2 is 1.80 bits per heavy atom. The molecule has 86 valence electrons. The van der Waals surface area contributed by atoms with Crippen LogP contribution in [0.2, 0.25) is 0 Å². The minimum Gasteiger partial charge on any atom is -0.479 e. The van der Waals surface area contributed by atoms with Crippen molar-refractivity contribution in [1.82, 2.24) is 0 Å². The molecule has 1 N–H and O–H groups in total. The zero-order valence-corrected chi connectivity index (χ0v) is 8.34. The quantitative estimate of drug-likeness (QED) is 0.736. The normalized spacial score (nSPS) is 33.1. The summed E-state index contributed by atoms with van der Waals surface area (Å²) in [7, 11) is 0. The highest BCUT2D eigenvalue weighted by Crippen LogP contribution is 2.46. The van der Waals surface area contributed by atoms with Gasteiger partial charge in [0.15, 0.2) is 6.10 Å². The molecule has 1 heterocycles. The number of alkyl halides is 2. The van der Waals surface area contributed by atoms with Gasteiger partial charge in [-0.05, 0) is 25.7 Å². The highest BCUT2D eigenvalue weighted by Gasteiger charge is 2.49. The van der Waals surface area contributed by atoms with Crippen molar-refractivity contribution in [3.8, 4) is 0 Å². The van der Waals surface area contributed by atoms with Gasteiger partial charge in [0.05, 0.1) is 5.60 Å². The molecular formula is C10H14F2O3. The van der Waals surface area contributed by atoms with E-state index < -0.39 is 23.6 Å². The smallest absolute Gasteiger partial charge is 0.332 e. The van der Waals surface area contributed by atoms with Crippen LogP contribution in [-0.4, -0.2) is 28.7 Å². The van der Waals surface area contributed by atoms with E-state index >= 15 is 0 Å². The van der Waals surface area contributed by atoms with Crippen LogP contribution < -0.4 is 0 Å². The molecule has 2 aliphatic rings. The minimum atomic E-state index is -2.59. The summed E-state index contributed by atoms with van der Waals surface area (Å²) in [6, 6.07) is 0. The van der Waals surface area contributed by atoms with Crippen LogP contribution in [0.15, 0.2) is 0 Å². The monoisotopic (exact) mass is 220 g/mol. The summed E-state index contributed by atoms with van der Waals surface area (Å²) in [6.45, 7) is 0. The predicted octanol–water partition coefficient (Wildman–Crippen LogP) is 2.20. The van der Waals surface area contributed by atoms with Crippen LogP contribution in [0.25, 0.3) is 0 Å². The zero-order valence-electron chi connectivity index (χ0n) is 8.34. The molecular weight excluding hydrogens is 206 g/mol. The van der Waals surface area contributed by atoms with Crippen molar-refractivity contribution in [2.45, 2.75) is 56.2 Å². The van der Waals surface area contributed by atoms with Crippen LogP contribution in [0.3, 0.4) is 0 Å². The number of rotatable bonds is 1. The van der Waals surface area contributed by atoms with E-state index in [0.717, 1.165) is 0 Å². The van der Waals surface area contributed by atoms with E-state index in [1.807, 2.05) is 0 Å². The fraction of sp³-hybridized carbons (Fsp3) is 0.900. The number of carboxylic acids is 1. The number of carbonyl (C=O) groups is 1. The van der Waals surface area contributed by atoms with Gasteiger partial charge in [-0.25, -0.2) is 13.6 Å². The molecule has 0 aromatic heterocycles. The molecule has 0 bridgehead atoms. The van der Waals surface area contributed by atoms with E-state index in [2.05, 4.69) is 0 Å². The predicted molar refractivity (Wildman–Crippen MR) is 47.9 cm³/mol. The van der Waals surface area contributed by atoms with Crippen LogP contribution in [0.1, 0.15) is 38.5 Å². The Kier molecular flexibility index (Phi) is 2.45. The Morgan fingerprint density at radius 3 is 2.27 bits per heavy atom. The van der Waals surface area contributed by atoms with Gasteiger partial charge in [0.25, 0.3) is 0 Å². The highest BCUT2D eigenvalue weighted by molar-refractivity contribution is 5.72. The van der Waals surface area contributed by atoms with Crippen LogP contribution in [0.5, 0.6) is 0 Å². The first-order chi connectivity index (χ1) is 6.93. The Labute approximate surface area is 86.4 Å². The topological polar surface area (TPSA) is 46.5 Å². The van der Waals surface area contributed by atoms with Gasteiger partial charge in [0, 0.05) is 12.8 Å². The van der Waals surface area contributed by atoms with Crippen molar-refractivity contribution in [3.63, 3.8) is 0 Å². The van der Waals surface area contributed by atoms with Gasteiger partial charge in [-0.3, -0.25) is 0 Å². The molecule has 1 atom stereocenters. The van der Waals surface area contributed by atoms with Crippen molar-refractivity contribution in [2.24, 2.45) is 0 Å². The third-order valence-electron chi connectivity index (χ3n) is 3.42. The summed E-state index contributed by atoms with van der Waals surface area (Å²) in [5.41, 5.74) is -0.579. The van der Waals surface area contributed by atoms with Gasteiger partial charge in [0.1, 0.15) is 0 Å². The van der Waals surface area contributed by atoms with Crippen molar-refractivity contribution in [1.29, 1.82) is 0 Å². The van der Waals surface area contributed by atoms with Crippen LogP contribution in [-0.2, 0) is 9.53 Å². The Hall–Kier alpha value is -0.710. The Balaban J connectivity index is 1.98. The van der Waals surface area contributed by atoms with E-state index in [9.17, 15) is 13.6 Å². The molecule has 1 unspecified atom stereocenters. The lowest BCUT2D eigenvalue weighted by Crippen LogP contribution is -2.39. The SMILES string of the molecule is O=C(O)C1CCC2(CCC(F)(F)CC2)O1. The van der Waals surface area contributed by atoms with E-state index in [0.29, 0.717) is 12.8 Å². The number of aliphatic carboxylic acids is 1. The van der Waals surface area contributed by atoms with Gasteiger partial charge in [-0.1, -0.05) is 0 Å². The number of halogens is 2. The molecule has 0 aromatic rings. The third-order valence-corrected chi connectivity index (χ3v) is 3.42. The molecule has 1 aliphatic heterocycles. The van der Waals surface area contributed by atoms with Crippen LogP contribution in [0.4, 0.5) is 8.78 Å². The van der Waals surface area contributed by atoms with Gasteiger partial charge in [-0.15, -0.1) is 0 Å². The third kappa shape index (κ3) is 2.12. The Bertz CT molecular complexity index is 268. The standard InChI is InChI=1S/C10H14F2O3/c11-10(12)5-3-9(4-6-10)2-1-7(15-9)8(13)14/h7H,1-6H2,(H,13,14). The molecule has 2 fully saturated rings. The molecule has 1 saturated carbocycles. The second-order valence-electron chi connectivity index (χ2n) is 4.52. The van der Waals surface area contributed by atoms with Crippen molar-refractivity contribution in [2.75, 3.05) is 0 Å². The summed E-state index contributed by atoms with van der Waals surface area (Å²) >= 11 is 0. The average molecular weight is 220 g/mol. The average Bonchev–Trinajstić information content (AvgIpc) is 2.56. The first-order valence-electron chi connectivity index (χ1n) is 5.21. The molecule has 0 aromatic carbocycles. The Morgan fingerprint density at radius 1 is 1.20 bits per heavy atom. The molecule has 15 heavy (non-hydrogen) atoms. The lowest BCUT2D eigenvalue weighted by Gasteiger charge is -2.36. The second-order valence-corrected chi connectivity index (χ2v) is 4.52. The molecule has 3 nitrogen and oxygen atoms in total. The van der Waals surface area contributed by atoms with Gasteiger partial charge in [0.2, 0.25) is 5.92 Å². The first kappa shape index (κ1) is 10.8. The maximum atomic E-state index is 12.9. The van der Waals surface area contributed by atoms with Crippen LogP contribution >= 0.6 is 0 Å². The summed E-state index contributed by atoms with van der Waals surface area (Å²) in [5, 5.41) is 8.76. The highest BCUT2D eigenvalue weighted by atomic mass is 19.3. The van der Waals surface area contributed by atoms with E-state index in [-0.39, 0.29) is 25.7 Å². The summed E-state index contributed by atoms with van der Waals surface area (Å²) < 4.78 is 31.3. The number of hydrogen-bond donors (Lipinski definition) is 1. The molecule has 1 saturated heterocycles. The number of ether oxygens (including phenoxy) is 1. The lowest BCUT2D eigenvalue weighted by molar-refractivity contribution is -0.163. The molecule has 2 rings (SSSR count). The van der Waals surface area contributed by atoms with Crippen molar-refractivity contribution in [3.05, 3.63) is 0 Å². The zero-order chi connectivity index (χ0) is 11.1. The van der Waals surface area contributed by atoms with Gasteiger partial charge >= 0.3 is 5.97 Å². The second kappa shape index (κ2) is 3.40. The molecule has 1 spiro atoms. The molecule has 5 heteroatoms. The van der Waals surface area contributed by atoms with Crippen molar-refractivity contribution < 1.29 is 23.4 Å². The number of hydrogen-bond acceptors (Lipinski definition) is 2. The fourth-order valence-electron chi connectivity index (χ4n) is 2.43. The maximum Gasteiger partial charge on any atom is 0.332 e. The van der Waals surface area contributed by atoms with Gasteiger partial charge < -0.3 is 9.84 Å². The summed E-state index contributed by atoms with van der Waals surface area (Å²) in [4.78, 5) is 10.7. The largest absolute Gasteiger partial charge is 0.479 e. The van der Waals surface area contributed by atoms with Crippen molar-refractivity contribution >= 4 is 5.97 Å². The molecule has 0 amide bonds. The van der Waals surface area contributed by atoms with E-state index in [1.54, 1.807) is 0 Å². The van der Waals surface area contributed by atoms with E-state index in [1.165, 1.54) is 0 Å². The first-order valence-corrected chi connectivity index (χ1v) is 5.21. The van der Waals surface area contributed by atoms with E-state index in [4.69, 9.17) is 9.84 Å². The molecule has 0 radical (unpaired) electrons. The molecule has 1 aliphatic carbocycles. The fourth-order valence-corrected chi connectivity index (χ4v) is 2.43. The van der Waals surface area contributed by atoms with Gasteiger partial charge in [-0.2, -0.15) is 0 Å². The summed E-state index contributed by atoms with van der Waals surface area (Å²) in [6.07, 6.45) is 0.449. The van der Waals surface area contributed by atoms with Crippen LogP contribution in [0, 0.1) is 0 Å². The summed E-state index contributed by atoms with van der Waals surface area (Å²) in [5.74, 6) is -3.57. The number of carboxylic acid groups (broad SMARTS) is 1. The lowest BCUT2D eigenvalue weighted by atomic mass is 9.81. The minimum absolute atomic E-state index is 0.181. The maximum absolute atomic E-state index is 12.9.